The van der Waals surface area contributed by atoms with Gasteiger partial charge in [-0.15, -0.1) is 0 Å². The zero-order valence-electron chi connectivity index (χ0n) is 37.0. The number of rotatable bonds is 12. The molecule has 1 saturated heterocycles. The van der Waals surface area contributed by atoms with Gasteiger partial charge in [0.05, 0.1) is 4.90 Å². The molecule has 1 aliphatic heterocycles. The van der Waals surface area contributed by atoms with Crippen LogP contribution >= 0.6 is 0 Å². The molecule has 1 heterocycles. The molecule has 1 fully saturated rings. The maximum atomic E-state index is 15.7. The average molecular weight is 790 g/mol. The van der Waals surface area contributed by atoms with Crippen LogP contribution in [0.4, 0.5) is 0 Å². The molecule has 310 valence electrons. The molecule has 56 heavy (non-hydrogen) atoms. The van der Waals surface area contributed by atoms with Gasteiger partial charge in [-0.3, -0.25) is 4.79 Å². The van der Waals surface area contributed by atoms with Gasteiger partial charge in [0, 0.05) is 36.3 Å². The van der Waals surface area contributed by atoms with E-state index in [0.29, 0.717) is 39.8 Å². The number of carbonyl (C=O) groups is 1. The molecule has 4 unspecified atom stereocenters. The maximum Gasteiger partial charge on any atom is 0.328 e. The smallest absolute Gasteiger partial charge is 0.328 e. The van der Waals surface area contributed by atoms with Gasteiger partial charge in [-0.2, -0.15) is 0 Å². The van der Waals surface area contributed by atoms with Crippen LogP contribution in [0.5, 0.6) is 11.5 Å². The van der Waals surface area contributed by atoms with Gasteiger partial charge in [0.2, 0.25) is 0 Å². The highest BCUT2D eigenvalue weighted by Crippen LogP contribution is 2.45. The van der Waals surface area contributed by atoms with E-state index in [1.54, 1.807) is 30.3 Å². The monoisotopic (exact) mass is 790 g/mol. The first-order valence-electron chi connectivity index (χ1n) is 20.7. The van der Waals surface area contributed by atoms with Crippen LogP contribution in [0.2, 0.25) is 0 Å². The van der Waals surface area contributed by atoms with E-state index in [1.165, 1.54) is 0 Å². The summed E-state index contributed by atoms with van der Waals surface area (Å²) < 4.78 is 36.1. The van der Waals surface area contributed by atoms with Gasteiger partial charge >= 0.3 is 5.97 Å². The Hall–Kier alpha value is -3.36. The Kier molecular flexibility index (Phi) is 13.1. The van der Waals surface area contributed by atoms with E-state index in [4.69, 9.17) is 4.74 Å². The van der Waals surface area contributed by atoms with E-state index >= 15 is 13.2 Å². The third-order valence-corrected chi connectivity index (χ3v) is 15.1. The second kappa shape index (κ2) is 16.1. The van der Waals surface area contributed by atoms with Crippen LogP contribution in [0, 0.1) is 5.92 Å². The van der Waals surface area contributed by atoms with Gasteiger partial charge in [-0.1, -0.05) is 132 Å². The molecule has 0 aliphatic carbocycles. The van der Waals surface area contributed by atoms with E-state index in [2.05, 4.69) is 39.9 Å². The maximum absolute atomic E-state index is 15.7. The van der Waals surface area contributed by atoms with Crippen molar-refractivity contribution in [2.45, 2.75) is 185 Å². The molecule has 7 nitrogen and oxygen atoms in total. The molecule has 3 aromatic rings. The number of phenolic OH excluding ortho intramolecular Hbond substituents is 2. The Balaban J connectivity index is 2.13. The molecular formula is C48H71NO6S. The minimum atomic E-state index is -4.49. The van der Waals surface area contributed by atoms with Crippen molar-refractivity contribution in [1.29, 1.82) is 0 Å². The first kappa shape index (κ1) is 45.3. The van der Waals surface area contributed by atoms with Crippen molar-refractivity contribution in [3.63, 3.8) is 0 Å². The van der Waals surface area contributed by atoms with Gasteiger partial charge in [-0.05, 0) is 94.9 Å². The molecule has 0 aromatic heterocycles. The van der Waals surface area contributed by atoms with Crippen molar-refractivity contribution in [3.8, 4) is 11.5 Å². The number of esters is 1. The van der Waals surface area contributed by atoms with Crippen LogP contribution in [-0.4, -0.2) is 46.5 Å². The lowest BCUT2D eigenvalue weighted by molar-refractivity contribution is -0.162. The van der Waals surface area contributed by atoms with E-state index in [0.717, 1.165) is 12.8 Å². The molecule has 3 aromatic carbocycles. The van der Waals surface area contributed by atoms with Crippen molar-refractivity contribution in [2.75, 3.05) is 0 Å². The summed E-state index contributed by atoms with van der Waals surface area (Å²) in [4.78, 5) is 15.8. The van der Waals surface area contributed by atoms with Crippen LogP contribution in [0.15, 0.2) is 59.5 Å². The normalized spacial score (nSPS) is 22.4. The summed E-state index contributed by atoms with van der Waals surface area (Å²) in [6.45, 7) is 30.8. The third-order valence-electron chi connectivity index (χ3n) is 12.8. The molecule has 0 bridgehead atoms. The fourth-order valence-electron chi connectivity index (χ4n) is 8.57. The molecule has 0 saturated carbocycles. The summed E-state index contributed by atoms with van der Waals surface area (Å²) >= 11 is 0. The number of phenols is 2. The Labute approximate surface area is 339 Å². The number of carbonyl (C=O) groups excluding carboxylic acids is 1. The van der Waals surface area contributed by atoms with Gasteiger partial charge in [0.25, 0.3) is 0 Å². The average Bonchev–Trinajstić information content (AvgIpc) is 3.10. The number of piperidine rings is 1. The molecule has 4 rings (SSSR count). The summed E-state index contributed by atoms with van der Waals surface area (Å²) in [5.41, 5.74) is 2.36. The van der Waals surface area contributed by atoms with Crippen LogP contribution in [0.3, 0.4) is 0 Å². The topological polar surface area (TPSA) is 113 Å². The molecule has 0 radical (unpaired) electrons. The van der Waals surface area contributed by atoms with Crippen molar-refractivity contribution in [1.82, 2.24) is 5.32 Å². The molecule has 3 N–H and O–H groups in total. The predicted molar refractivity (Wildman–Crippen MR) is 230 cm³/mol. The number of ether oxygens (including phenoxy) is 1. The molecular weight excluding hydrogens is 719 g/mol. The van der Waals surface area contributed by atoms with Crippen molar-refractivity contribution < 1.29 is 28.2 Å². The second-order valence-electron chi connectivity index (χ2n) is 19.9. The minimum absolute atomic E-state index is 0.0323. The van der Waals surface area contributed by atoms with Crippen molar-refractivity contribution in [2.24, 2.45) is 5.92 Å². The Morgan fingerprint density at radius 3 is 1.62 bits per heavy atom. The van der Waals surface area contributed by atoms with Crippen LogP contribution in [-0.2, 0) is 43.0 Å². The van der Waals surface area contributed by atoms with Gasteiger partial charge in [0.15, 0.2) is 14.6 Å². The lowest BCUT2D eigenvalue weighted by Crippen LogP contribution is -2.67. The second-order valence-corrected chi connectivity index (χ2v) is 22.1. The highest BCUT2D eigenvalue weighted by atomic mass is 32.2. The molecule has 1 aliphatic rings. The predicted octanol–water partition coefficient (Wildman–Crippen LogP) is 10.8. The quantitative estimate of drug-likeness (QED) is 0.157. The highest BCUT2D eigenvalue weighted by molar-refractivity contribution is 7.93. The number of hydrogen-bond donors (Lipinski definition) is 3. The lowest BCUT2D eigenvalue weighted by atomic mass is 9.70. The summed E-state index contributed by atoms with van der Waals surface area (Å²) in [6.07, 6.45) is 1.20. The zero-order chi connectivity index (χ0) is 42.4. The zero-order valence-corrected chi connectivity index (χ0v) is 37.8. The standard InChI is InChI=1S/C48H71NO6S/c1-16-46(14)29-40(32(7)47(15,17-2)49-46)55-43(52)48(56(53,54)35-21-19-18-20-22-35,27-33-23-36(30(3)4)41(50)38(25-33)44(8,9)10)28-34-24-37(31(5)6)42(51)39(26-34)45(11,12)13/h18-26,30-32,40,49-51H,16-17,27-29H2,1-15H3. The Morgan fingerprint density at radius 2 is 1.25 bits per heavy atom. The summed E-state index contributed by atoms with van der Waals surface area (Å²) in [7, 11) is -4.49. The lowest BCUT2D eigenvalue weighted by Gasteiger charge is -2.53. The Morgan fingerprint density at radius 1 is 0.804 bits per heavy atom. The van der Waals surface area contributed by atoms with E-state index in [1.807, 2.05) is 93.5 Å². The van der Waals surface area contributed by atoms with E-state index in [9.17, 15) is 10.2 Å². The number of sulfone groups is 1. The summed E-state index contributed by atoms with van der Waals surface area (Å²) in [5.74, 6) is -0.673. The van der Waals surface area contributed by atoms with E-state index < -0.39 is 37.5 Å². The van der Waals surface area contributed by atoms with Crippen LogP contribution < -0.4 is 5.32 Å². The SMILES string of the molecule is CCC1(C)CC(OC(=O)C(Cc2cc(C(C)C)c(O)c(C(C)(C)C)c2)(Cc2cc(C(C)C)c(O)c(C(C)(C)C)c2)S(=O)(=O)c2ccccc2)C(C)C(C)(CC)N1. The van der Waals surface area contributed by atoms with Crippen LogP contribution in [0.25, 0.3) is 0 Å². The Bertz CT molecular complexity index is 1910. The summed E-state index contributed by atoms with van der Waals surface area (Å²) in [5, 5.41) is 27.0. The number of nitrogens with one attached hydrogen (secondary N) is 1. The molecule has 0 amide bonds. The molecule has 4 atom stereocenters. The molecule has 0 spiro atoms. The van der Waals surface area contributed by atoms with Crippen molar-refractivity contribution >= 4 is 15.8 Å². The first-order valence-corrected chi connectivity index (χ1v) is 22.2. The van der Waals surface area contributed by atoms with Gasteiger partial charge in [-0.25, -0.2) is 8.42 Å². The third kappa shape index (κ3) is 8.87. The fraction of sp³-hybridized carbons (Fsp3) is 0.604. The number of hydrogen-bond acceptors (Lipinski definition) is 7. The van der Waals surface area contributed by atoms with Gasteiger partial charge in [0.1, 0.15) is 17.6 Å². The van der Waals surface area contributed by atoms with Crippen LogP contribution in [0.1, 0.15) is 168 Å². The molecule has 8 heteroatoms. The van der Waals surface area contributed by atoms with E-state index in [-0.39, 0.29) is 58.1 Å². The highest BCUT2D eigenvalue weighted by Gasteiger charge is 2.56. The van der Waals surface area contributed by atoms with Gasteiger partial charge < -0.3 is 20.3 Å². The summed E-state index contributed by atoms with van der Waals surface area (Å²) in [6, 6.07) is 15.7. The number of aromatic hydroxyl groups is 2. The van der Waals surface area contributed by atoms with Crippen molar-refractivity contribution in [3.05, 3.63) is 88.0 Å². The minimum Gasteiger partial charge on any atom is -0.507 e. The fourth-order valence-corrected chi connectivity index (χ4v) is 10.5. The first-order chi connectivity index (χ1) is 25.7. The number of benzene rings is 3. The largest absolute Gasteiger partial charge is 0.507 e.